The third-order valence-corrected chi connectivity index (χ3v) is 3.80. The van der Waals surface area contributed by atoms with Crippen LogP contribution in [0.4, 0.5) is 5.69 Å². The Kier molecular flexibility index (Phi) is 2.29. The fourth-order valence-electron chi connectivity index (χ4n) is 2.75. The second-order valence-electron chi connectivity index (χ2n) is 4.29. The van der Waals surface area contributed by atoms with Gasteiger partial charge in [0.15, 0.2) is 0 Å². The van der Waals surface area contributed by atoms with E-state index in [-0.39, 0.29) is 0 Å². The topological polar surface area (TPSA) is 28.2 Å². The molecule has 0 spiro atoms. The predicted octanol–water partition coefficient (Wildman–Crippen LogP) is 1.53. The molecule has 1 N–H and O–H groups in total. The Balaban J connectivity index is 1.91. The van der Waals surface area contributed by atoms with E-state index in [0.29, 0.717) is 6.04 Å². The summed E-state index contributed by atoms with van der Waals surface area (Å²) < 4.78 is 0. The number of hydrogen-bond donors (Lipinski definition) is 1. The van der Waals surface area contributed by atoms with Crippen LogP contribution in [0.3, 0.4) is 0 Å². The maximum atomic E-state index is 6.17. The lowest BCUT2D eigenvalue weighted by Crippen LogP contribution is -2.34. The minimum absolute atomic E-state index is 0.630. The summed E-state index contributed by atoms with van der Waals surface area (Å²) in [6, 6.07) is 2.65. The first kappa shape index (κ1) is 9.43. The van der Waals surface area contributed by atoms with Crippen LogP contribution < -0.4 is 10.2 Å². The van der Waals surface area contributed by atoms with Gasteiger partial charge in [0.05, 0.1) is 10.7 Å². The van der Waals surface area contributed by atoms with E-state index < -0.39 is 0 Å². The van der Waals surface area contributed by atoms with E-state index in [2.05, 4.69) is 15.2 Å². The van der Waals surface area contributed by atoms with E-state index in [0.717, 1.165) is 36.3 Å². The van der Waals surface area contributed by atoms with Crippen molar-refractivity contribution in [3.63, 3.8) is 0 Å². The summed E-state index contributed by atoms with van der Waals surface area (Å²) in [6.45, 7) is 3.37. The molecule has 0 bridgehead atoms. The Morgan fingerprint density at radius 2 is 2.40 bits per heavy atom. The van der Waals surface area contributed by atoms with Gasteiger partial charge in [-0.2, -0.15) is 0 Å². The van der Waals surface area contributed by atoms with Crippen LogP contribution in [-0.2, 0) is 0 Å². The first-order valence-electron chi connectivity index (χ1n) is 5.43. The molecule has 0 unspecified atom stereocenters. The van der Waals surface area contributed by atoms with Crippen LogP contribution in [0.5, 0.6) is 0 Å². The zero-order chi connectivity index (χ0) is 10.3. The van der Waals surface area contributed by atoms with Crippen molar-refractivity contribution in [1.29, 1.82) is 0 Å². The Bertz CT molecular complexity index is 369. The van der Waals surface area contributed by atoms with Gasteiger partial charge in [-0.3, -0.25) is 4.98 Å². The molecular formula is C11H14ClN3. The summed E-state index contributed by atoms with van der Waals surface area (Å²) in [6.07, 6.45) is 4.82. The average molecular weight is 224 g/mol. The molecule has 2 aliphatic heterocycles. The summed E-state index contributed by atoms with van der Waals surface area (Å²) in [7, 11) is 0. The fourth-order valence-corrected chi connectivity index (χ4v) is 2.98. The first-order chi connectivity index (χ1) is 7.36. The molecule has 0 aliphatic carbocycles. The first-order valence-corrected chi connectivity index (χ1v) is 5.81. The monoisotopic (exact) mass is 223 g/mol. The summed E-state index contributed by atoms with van der Waals surface area (Å²) in [5.74, 6) is 0.800. The molecule has 0 saturated carbocycles. The number of halogens is 1. The van der Waals surface area contributed by atoms with Gasteiger partial charge in [-0.25, -0.2) is 0 Å². The van der Waals surface area contributed by atoms with Gasteiger partial charge in [-0.15, -0.1) is 0 Å². The second-order valence-corrected chi connectivity index (χ2v) is 4.70. The molecule has 4 heteroatoms. The molecule has 3 heterocycles. The molecule has 2 fully saturated rings. The maximum Gasteiger partial charge on any atom is 0.0822 e. The lowest BCUT2D eigenvalue weighted by Gasteiger charge is -2.26. The molecular weight excluding hydrogens is 210 g/mol. The minimum Gasteiger partial charge on any atom is -0.366 e. The maximum absolute atomic E-state index is 6.17. The van der Waals surface area contributed by atoms with E-state index in [1.54, 1.807) is 6.20 Å². The zero-order valence-electron chi connectivity index (χ0n) is 8.49. The summed E-state index contributed by atoms with van der Waals surface area (Å²) in [5, 5.41) is 4.21. The normalized spacial score (nSPS) is 29.5. The van der Waals surface area contributed by atoms with E-state index in [9.17, 15) is 0 Å². The van der Waals surface area contributed by atoms with Gasteiger partial charge in [0.2, 0.25) is 0 Å². The SMILES string of the molecule is Clc1cnccc1N1CC[C@H]2CNC[C@H]21. The highest BCUT2D eigenvalue weighted by Gasteiger charge is 2.38. The van der Waals surface area contributed by atoms with E-state index in [1.165, 1.54) is 6.42 Å². The number of rotatable bonds is 1. The Morgan fingerprint density at radius 1 is 1.47 bits per heavy atom. The lowest BCUT2D eigenvalue weighted by atomic mass is 10.1. The van der Waals surface area contributed by atoms with Crippen molar-refractivity contribution >= 4 is 17.3 Å². The number of anilines is 1. The molecule has 2 atom stereocenters. The van der Waals surface area contributed by atoms with Gasteiger partial charge in [-0.1, -0.05) is 11.6 Å². The summed E-state index contributed by atoms with van der Waals surface area (Å²) in [4.78, 5) is 6.45. The largest absolute Gasteiger partial charge is 0.366 e. The number of nitrogens with one attached hydrogen (secondary N) is 1. The third kappa shape index (κ3) is 1.50. The van der Waals surface area contributed by atoms with Crippen molar-refractivity contribution in [3.05, 3.63) is 23.5 Å². The summed E-state index contributed by atoms with van der Waals surface area (Å²) in [5.41, 5.74) is 1.14. The molecule has 2 aliphatic rings. The number of pyridine rings is 1. The van der Waals surface area contributed by atoms with E-state index >= 15 is 0 Å². The van der Waals surface area contributed by atoms with Crippen LogP contribution in [0.15, 0.2) is 18.5 Å². The molecule has 0 amide bonds. The molecule has 1 aromatic heterocycles. The van der Waals surface area contributed by atoms with Crippen LogP contribution in [0.1, 0.15) is 6.42 Å². The van der Waals surface area contributed by atoms with Crippen LogP contribution in [0.2, 0.25) is 5.02 Å². The summed E-state index contributed by atoms with van der Waals surface area (Å²) >= 11 is 6.17. The van der Waals surface area contributed by atoms with Gasteiger partial charge < -0.3 is 10.2 Å². The zero-order valence-corrected chi connectivity index (χ0v) is 9.24. The lowest BCUT2D eigenvalue weighted by molar-refractivity contribution is 0.578. The van der Waals surface area contributed by atoms with Crippen molar-refractivity contribution in [2.24, 2.45) is 5.92 Å². The standard InChI is InChI=1S/C11H14ClN3/c12-9-6-13-3-1-10(9)15-4-2-8-5-14-7-11(8)15/h1,3,6,8,11,14H,2,4-5,7H2/t8-,11+/m0/s1. The van der Waals surface area contributed by atoms with Gasteiger partial charge in [0.25, 0.3) is 0 Å². The van der Waals surface area contributed by atoms with Gasteiger partial charge in [-0.05, 0) is 18.4 Å². The number of nitrogens with zero attached hydrogens (tertiary/aromatic N) is 2. The quantitative estimate of drug-likeness (QED) is 0.783. The van der Waals surface area contributed by atoms with Crippen LogP contribution in [-0.4, -0.2) is 30.7 Å². The molecule has 15 heavy (non-hydrogen) atoms. The highest BCUT2D eigenvalue weighted by Crippen LogP contribution is 2.35. The van der Waals surface area contributed by atoms with E-state index in [4.69, 9.17) is 11.6 Å². The van der Waals surface area contributed by atoms with Crippen molar-refractivity contribution < 1.29 is 0 Å². The smallest absolute Gasteiger partial charge is 0.0822 e. The Morgan fingerprint density at radius 3 is 3.27 bits per heavy atom. The van der Waals surface area contributed by atoms with Gasteiger partial charge in [0, 0.05) is 38.1 Å². The van der Waals surface area contributed by atoms with Crippen LogP contribution in [0, 0.1) is 5.92 Å². The average Bonchev–Trinajstić information content (AvgIpc) is 2.80. The molecule has 1 aromatic rings. The molecule has 0 aromatic carbocycles. The highest BCUT2D eigenvalue weighted by atomic mass is 35.5. The fraction of sp³-hybridized carbons (Fsp3) is 0.545. The Hall–Kier alpha value is -0.800. The van der Waals surface area contributed by atoms with Gasteiger partial charge in [0.1, 0.15) is 0 Å². The van der Waals surface area contributed by atoms with E-state index in [1.807, 2.05) is 12.3 Å². The number of hydrogen-bond acceptors (Lipinski definition) is 3. The molecule has 2 saturated heterocycles. The van der Waals surface area contributed by atoms with Crippen molar-refractivity contribution in [2.75, 3.05) is 24.5 Å². The van der Waals surface area contributed by atoms with Crippen LogP contribution >= 0.6 is 11.6 Å². The predicted molar refractivity (Wildman–Crippen MR) is 61.4 cm³/mol. The van der Waals surface area contributed by atoms with Crippen LogP contribution in [0.25, 0.3) is 0 Å². The Labute approximate surface area is 94.4 Å². The molecule has 0 radical (unpaired) electrons. The van der Waals surface area contributed by atoms with Crippen molar-refractivity contribution in [1.82, 2.24) is 10.3 Å². The highest BCUT2D eigenvalue weighted by molar-refractivity contribution is 6.33. The minimum atomic E-state index is 0.630. The molecule has 80 valence electrons. The number of aromatic nitrogens is 1. The van der Waals surface area contributed by atoms with Crippen molar-refractivity contribution in [2.45, 2.75) is 12.5 Å². The third-order valence-electron chi connectivity index (χ3n) is 3.51. The molecule has 3 nitrogen and oxygen atoms in total. The van der Waals surface area contributed by atoms with Gasteiger partial charge >= 0.3 is 0 Å². The van der Waals surface area contributed by atoms with Crippen molar-refractivity contribution in [3.8, 4) is 0 Å². The second kappa shape index (κ2) is 3.65. The molecule has 3 rings (SSSR count). The number of fused-ring (bicyclic) bond motifs is 1.